The summed E-state index contributed by atoms with van der Waals surface area (Å²) in [5, 5.41) is 2.93. The monoisotopic (exact) mass is 303 g/mol. The van der Waals surface area contributed by atoms with Crippen LogP contribution >= 0.6 is 11.8 Å². The molecule has 0 radical (unpaired) electrons. The van der Waals surface area contributed by atoms with Gasteiger partial charge in [0.25, 0.3) is 5.56 Å². The second-order valence-electron chi connectivity index (χ2n) is 4.54. The number of aromatic amines is 1. The van der Waals surface area contributed by atoms with E-state index in [9.17, 15) is 9.59 Å². The molecular formula is C15H17N3O2S. The highest BCUT2D eigenvalue weighted by atomic mass is 32.2. The minimum Gasteiger partial charge on any atom is -0.325 e. The summed E-state index contributed by atoms with van der Waals surface area (Å²) in [7, 11) is 0. The van der Waals surface area contributed by atoms with E-state index in [4.69, 9.17) is 0 Å². The number of aromatic nitrogens is 2. The number of anilines is 1. The Morgan fingerprint density at radius 3 is 2.67 bits per heavy atom. The third kappa shape index (κ3) is 4.46. The Labute approximate surface area is 127 Å². The first-order valence-corrected chi connectivity index (χ1v) is 7.58. The van der Waals surface area contributed by atoms with Crippen molar-refractivity contribution in [1.29, 1.82) is 0 Å². The maximum Gasteiger partial charge on any atom is 0.251 e. The minimum absolute atomic E-state index is 0.129. The molecule has 1 amide bonds. The Morgan fingerprint density at radius 1 is 1.33 bits per heavy atom. The van der Waals surface area contributed by atoms with Crippen LogP contribution in [0.3, 0.4) is 0 Å². The van der Waals surface area contributed by atoms with Crippen molar-refractivity contribution in [3.63, 3.8) is 0 Å². The topological polar surface area (TPSA) is 74.8 Å². The number of H-pyrrole nitrogens is 1. The van der Waals surface area contributed by atoms with E-state index in [0.717, 1.165) is 12.1 Å². The lowest BCUT2D eigenvalue weighted by molar-refractivity contribution is -0.115. The summed E-state index contributed by atoms with van der Waals surface area (Å²) in [5.74, 6) is -0.129. The molecule has 1 aromatic heterocycles. The lowest BCUT2D eigenvalue weighted by Crippen LogP contribution is -2.23. The van der Waals surface area contributed by atoms with Gasteiger partial charge in [-0.25, -0.2) is 4.98 Å². The summed E-state index contributed by atoms with van der Waals surface area (Å²) in [6.45, 7) is 3.85. The van der Waals surface area contributed by atoms with Gasteiger partial charge in [0.2, 0.25) is 5.91 Å². The van der Waals surface area contributed by atoms with E-state index >= 15 is 0 Å². The average Bonchev–Trinajstić information content (AvgIpc) is 2.48. The van der Waals surface area contributed by atoms with Crippen molar-refractivity contribution < 1.29 is 4.79 Å². The third-order valence-corrected chi connectivity index (χ3v) is 3.93. The molecule has 21 heavy (non-hydrogen) atoms. The van der Waals surface area contributed by atoms with Gasteiger partial charge in [-0.3, -0.25) is 9.59 Å². The highest BCUT2D eigenvalue weighted by molar-refractivity contribution is 8.00. The fourth-order valence-corrected chi connectivity index (χ4v) is 2.48. The van der Waals surface area contributed by atoms with E-state index in [1.54, 1.807) is 6.92 Å². The number of aryl methyl sites for hydroxylation is 1. The molecule has 0 bridgehead atoms. The number of carbonyl (C=O) groups excluding carboxylic acids is 1. The number of rotatable bonds is 5. The van der Waals surface area contributed by atoms with E-state index in [0.29, 0.717) is 5.16 Å². The number of thioether (sulfide) groups is 1. The van der Waals surface area contributed by atoms with E-state index < -0.39 is 0 Å². The molecule has 0 aliphatic carbocycles. The van der Waals surface area contributed by atoms with Crippen molar-refractivity contribution in [2.45, 2.75) is 30.7 Å². The quantitative estimate of drug-likeness (QED) is 0.657. The number of hydrogen-bond acceptors (Lipinski definition) is 4. The molecule has 1 atom stereocenters. The van der Waals surface area contributed by atoms with Gasteiger partial charge < -0.3 is 10.3 Å². The summed E-state index contributed by atoms with van der Waals surface area (Å²) in [6, 6.07) is 9.09. The second-order valence-corrected chi connectivity index (χ2v) is 5.87. The molecule has 0 aliphatic heterocycles. The molecule has 0 unspecified atom stereocenters. The maximum atomic E-state index is 12.1. The first-order valence-electron chi connectivity index (χ1n) is 6.70. The highest BCUT2D eigenvalue weighted by Crippen LogP contribution is 2.19. The lowest BCUT2D eigenvalue weighted by Gasteiger charge is -2.11. The van der Waals surface area contributed by atoms with Crippen LogP contribution in [0.1, 0.15) is 19.4 Å². The summed E-state index contributed by atoms with van der Waals surface area (Å²) in [5.41, 5.74) is 1.76. The van der Waals surface area contributed by atoms with Crippen molar-refractivity contribution in [2.24, 2.45) is 0 Å². The van der Waals surface area contributed by atoms with Crippen molar-refractivity contribution in [3.05, 3.63) is 52.4 Å². The van der Waals surface area contributed by atoms with Gasteiger partial charge in [-0.2, -0.15) is 0 Å². The molecule has 110 valence electrons. The van der Waals surface area contributed by atoms with Gasteiger partial charge in [0.1, 0.15) is 0 Å². The molecule has 0 saturated heterocycles. The predicted molar refractivity (Wildman–Crippen MR) is 84.6 cm³/mol. The van der Waals surface area contributed by atoms with Gasteiger partial charge >= 0.3 is 0 Å². The van der Waals surface area contributed by atoms with Crippen LogP contribution in [0.15, 0.2) is 46.5 Å². The maximum absolute atomic E-state index is 12.1. The molecule has 2 N–H and O–H groups in total. The van der Waals surface area contributed by atoms with Crippen molar-refractivity contribution >= 4 is 23.4 Å². The Morgan fingerprint density at radius 2 is 2.05 bits per heavy atom. The summed E-state index contributed by atoms with van der Waals surface area (Å²) in [6.07, 6.45) is 2.39. The van der Waals surface area contributed by atoms with E-state index in [-0.39, 0.29) is 16.7 Å². The Kier molecular flexibility index (Phi) is 5.16. The van der Waals surface area contributed by atoms with E-state index in [2.05, 4.69) is 22.2 Å². The number of nitrogens with one attached hydrogen (secondary N) is 2. The normalized spacial score (nSPS) is 11.9. The largest absolute Gasteiger partial charge is 0.325 e. The third-order valence-electron chi connectivity index (χ3n) is 2.94. The summed E-state index contributed by atoms with van der Waals surface area (Å²) >= 11 is 1.21. The molecule has 6 heteroatoms. The first kappa shape index (κ1) is 15.3. The number of nitrogens with zero attached hydrogens (tertiary/aromatic N) is 1. The molecule has 0 fully saturated rings. The standard InChI is InChI=1S/C15H17N3O2S/c1-3-11-4-6-12(7-5-11)17-14(20)10(2)21-15-16-9-8-13(19)18-15/h4-10H,3H2,1-2H3,(H,17,20)(H,16,18,19)/t10-/m0/s1. The van der Waals surface area contributed by atoms with Crippen molar-refractivity contribution in [1.82, 2.24) is 9.97 Å². The number of hydrogen-bond donors (Lipinski definition) is 2. The molecule has 1 aromatic carbocycles. The molecule has 5 nitrogen and oxygen atoms in total. The molecule has 2 aromatic rings. The van der Waals surface area contributed by atoms with Crippen LogP contribution < -0.4 is 10.9 Å². The molecular weight excluding hydrogens is 286 g/mol. The summed E-state index contributed by atoms with van der Waals surface area (Å²) < 4.78 is 0. The zero-order valence-electron chi connectivity index (χ0n) is 11.9. The van der Waals surface area contributed by atoms with Crippen LogP contribution in [0.4, 0.5) is 5.69 Å². The van der Waals surface area contributed by atoms with Crippen LogP contribution in [0.2, 0.25) is 0 Å². The smallest absolute Gasteiger partial charge is 0.251 e. The van der Waals surface area contributed by atoms with Gasteiger partial charge in [-0.05, 0) is 31.0 Å². The average molecular weight is 303 g/mol. The van der Waals surface area contributed by atoms with Crippen molar-refractivity contribution in [2.75, 3.05) is 5.32 Å². The SMILES string of the molecule is CCc1ccc(NC(=O)[C@H](C)Sc2nccc(=O)[nH]2)cc1. The number of carbonyl (C=O) groups is 1. The molecule has 0 spiro atoms. The van der Waals surface area contributed by atoms with Gasteiger partial charge in [-0.1, -0.05) is 30.8 Å². The van der Waals surface area contributed by atoms with Gasteiger partial charge in [0.05, 0.1) is 5.25 Å². The lowest BCUT2D eigenvalue weighted by atomic mass is 10.1. The zero-order chi connectivity index (χ0) is 15.2. The van der Waals surface area contributed by atoms with Crippen LogP contribution in [0, 0.1) is 0 Å². The van der Waals surface area contributed by atoms with Gasteiger partial charge in [0, 0.05) is 18.0 Å². The van der Waals surface area contributed by atoms with Gasteiger partial charge in [-0.15, -0.1) is 0 Å². The molecule has 1 heterocycles. The zero-order valence-corrected chi connectivity index (χ0v) is 12.7. The van der Waals surface area contributed by atoms with Crippen LogP contribution in [0.5, 0.6) is 0 Å². The van der Waals surface area contributed by atoms with Gasteiger partial charge in [0.15, 0.2) is 5.16 Å². The fourth-order valence-electron chi connectivity index (χ4n) is 1.70. The van der Waals surface area contributed by atoms with E-state index in [1.165, 1.54) is 29.6 Å². The van der Waals surface area contributed by atoms with E-state index in [1.807, 2.05) is 24.3 Å². The predicted octanol–water partition coefficient (Wildman–Crippen LogP) is 2.45. The summed E-state index contributed by atoms with van der Waals surface area (Å²) in [4.78, 5) is 29.9. The Balaban J connectivity index is 1.97. The van der Waals surface area contributed by atoms with Crippen LogP contribution in [-0.2, 0) is 11.2 Å². The highest BCUT2D eigenvalue weighted by Gasteiger charge is 2.15. The number of amides is 1. The second kappa shape index (κ2) is 7.08. The van der Waals surface area contributed by atoms with Crippen LogP contribution in [-0.4, -0.2) is 21.1 Å². The molecule has 0 aliphatic rings. The minimum atomic E-state index is -0.360. The fraction of sp³-hybridized carbons (Fsp3) is 0.267. The first-order chi connectivity index (χ1) is 10.1. The Bertz CT molecular complexity index is 667. The van der Waals surface area contributed by atoms with Crippen LogP contribution in [0.25, 0.3) is 0 Å². The molecule has 0 saturated carbocycles. The van der Waals surface area contributed by atoms with Crippen molar-refractivity contribution in [3.8, 4) is 0 Å². The Hall–Kier alpha value is -2.08. The number of benzene rings is 1. The molecule has 2 rings (SSSR count).